The predicted molar refractivity (Wildman–Crippen MR) is 126 cm³/mol. The van der Waals surface area contributed by atoms with E-state index in [1.807, 2.05) is 30.3 Å². The number of aliphatic carboxylic acids is 1. The van der Waals surface area contributed by atoms with Crippen LogP contribution in [0.2, 0.25) is 0 Å². The van der Waals surface area contributed by atoms with Crippen LogP contribution in [0.25, 0.3) is 11.0 Å². The van der Waals surface area contributed by atoms with Gasteiger partial charge in [0.05, 0.1) is 19.7 Å². The molecule has 0 amide bonds. The molecule has 1 fully saturated rings. The number of nitrogens with zero attached hydrogens (tertiary/aromatic N) is 2. The molecule has 7 nitrogen and oxygen atoms in total. The van der Waals surface area contributed by atoms with Crippen LogP contribution < -0.4 is 9.47 Å². The molecule has 32 heavy (non-hydrogen) atoms. The van der Waals surface area contributed by atoms with E-state index in [9.17, 15) is 9.90 Å². The number of H-pyrrole nitrogens is 1. The highest BCUT2D eigenvalue weighted by Crippen LogP contribution is 2.31. The van der Waals surface area contributed by atoms with E-state index in [0.29, 0.717) is 0 Å². The van der Waals surface area contributed by atoms with Gasteiger partial charge in [0, 0.05) is 25.9 Å². The summed E-state index contributed by atoms with van der Waals surface area (Å²) in [5, 5.41) is 9.42. The molecule has 1 aliphatic heterocycles. The molecule has 2 heterocycles. The summed E-state index contributed by atoms with van der Waals surface area (Å²) in [4.78, 5) is 22.0. The quantitative estimate of drug-likeness (QED) is 0.526. The summed E-state index contributed by atoms with van der Waals surface area (Å²) >= 11 is 0. The number of methoxy groups -OCH3 is 2. The minimum Gasteiger partial charge on any atom is -0.497 e. The summed E-state index contributed by atoms with van der Waals surface area (Å²) in [5.74, 6) is 2.10. The van der Waals surface area contributed by atoms with Crippen LogP contribution in [0.5, 0.6) is 11.5 Å². The van der Waals surface area contributed by atoms with E-state index in [0.717, 1.165) is 60.8 Å². The summed E-state index contributed by atoms with van der Waals surface area (Å²) in [5.41, 5.74) is 2.99. The van der Waals surface area contributed by atoms with Gasteiger partial charge in [-0.05, 0) is 54.6 Å². The van der Waals surface area contributed by atoms with Gasteiger partial charge in [-0.25, -0.2) is 4.98 Å². The van der Waals surface area contributed by atoms with Crippen molar-refractivity contribution in [2.75, 3.05) is 27.3 Å². The van der Waals surface area contributed by atoms with E-state index < -0.39 is 5.97 Å². The molecule has 0 saturated carbocycles. The summed E-state index contributed by atoms with van der Waals surface area (Å²) < 4.78 is 10.7. The highest BCUT2D eigenvalue weighted by Gasteiger charge is 2.31. The fourth-order valence-corrected chi connectivity index (χ4v) is 4.58. The van der Waals surface area contributed by atoms with Gasteiger partial charge in [0.2, 0.25) is 0 Å². The molecule has 0 spiro atoms. The minimum atomic E-state index is -0.732. The molecular weight excluding hydrogens is 430 g/mol. The molecule has 0 unspecified atom stereocenters. The van der Waals surface area contributed by atoms with Crippen LogP contribution in [0.4, 0.5) is 0 Å². The normalized spacial score (nSPS) is 18.8. The minimum absolute atomic E-state index is 0. The lowest BCUT2D eigenvalue weighted by molar-refractivity contribution is -0.139. The number of nitrogens with one attached hydrogen (secondary N) is 1. The van der Waals surface area contributed by atoms with Crippen LogP contribution in [-0.2, 0) is 17.8 Å². The number of aromatic nitrogens is 2. The fraction of sp³-hybridized carbons (Fsp3) is 0.417. The summed E-state index contributed by atoms with van der Waals surface area (Å²) in [6, 6.07) is 14.0. The Morgan fingerprint density at radius 1 is 1.16 bits per heavy atom. The monoisotopic (exact) mass is 459 g/mol. The number of hydrogen-bond donors (Lipinski definition) is 2. The number of halogens is 1. The van der Waals surface area contributed by atoms with E-state index in [1.165, 1.54) is 5.56 Å². The van der Waals surface area contributed by atoms with Crippen LogP contribution in [0.3, 0.4) is 0 Å². The smallest absolute Gasteiger partial charge is 0.303 e. The second kappa shape index (κ2) is 10.7. The number of carbonyl (C=O) groups is 1. The maximum absolute atomic E-state index is 11.5. The van der Waals surface area contributed by atoms with Crippen LogP contribution in [-0.4, -0.2) is 53.3 Å². The number of aromatic amines is 1. The number of carboxylic acids is 1. The Labute approximate surface area is 194 Å². The Morgan fingerprint density at radius 3 is 2.62 bits per heavy atom. The van der Waals surface area contributed by atoms with E-state index in [2.05, 4.69) is 22.0 Å². The number of imidazole rings is 1. The third-order valence-electron chi connectivity index (χ3n) is 6.18. The van der Waals surface area contributed by atoms with E-state index in [1.54, 1.807) is 14.2 Å². The summed E-state index contributed by atoms with van der Waals surface area (Å²) in [6.45, 7) is 2.58. The van der Waals surface area contributed by atoms with Gasteiger partial charge < -0.3 is 19.6 Å². The first-order chi connectivity index (χ1) is 15.1. The lowest BCUT2D eigenvalue weighted by Gasteiger charge is -2.38. The average Bonchev–Trinajstić information content (AvgIpc) is 3.18. The first-order valence-electron chi connectivity index (χ1n) is 10.6. The van der Waals surface area contributed by atoms with E-state index in [-0.39, 0.29) is 30.7 Å². The molecule has 8 heteroatoms. The van der Waals surface area contributed by atoms with Gasteiger partial charge in [-0.2, -0.15) is 0 Å². The molecular formula is C24H30ClN3O4. The number of carboxylic acid groups (broad SMARTS) is 1. The van der Waals surface area contributed by atoms with E-state index >= 15 is 0 Å². The Bertz CT molecular complexity index is 1040. The van der Waals surface area contributed by atoms with Crippen molar-refractivity contribution in [3.63, 3.8) is 0 Å². The molecule has 2 N–H and O–H groups in total. The fourth-order valence-electron chi connectivity index (χ4n) is 4.58. The number of rotatable bonds is 8. The SMILES string of the molecule is COc1ccc(CN2CC[C@@H](CC(=O)O)[C@@H](Cc3nc4c(OC)cccc4[nH]3)C2)cc1.Cl. The topological polar surface area (TPSA) is 87.7 Å². The molecule has 3 aromatic rings. The highest BCUT2D eigenvalue weighted by atomic mass is 35.5. The first kappa shape index (κ1) is 23.9. The number of hydrogen-bond acceptors (Lipinski definition) is 5. The highest BCUT2D eigenvalue weighted by molar-refractivity contribution is 5.85. The zero-order valence-electron chi connectivity index (χ0n) is 18.4. The van der Waals surface area contributed by atoms with Gasteiger partial charge in [-0.1, -0.05) is 18.2 Å². The van der Waals surface area contributed by atoms with Gasteiger partial charge in [-0.3, -0.25) is 9.69 Å². The summed E-state index contributed by atoms with van der Waals surface area (Å²) in [6.07, 6.45) is 1.79. The van der Waals surface area contributed by atoms with Crippen molar-refractivity contribution in [3.05, 3.63) is 53.9 Å². The van der Waals surface area contributed by atoms with E-state index in [4.69, 9.17) is 14.5 Å². The molecule has 172 valence electrons. The zero-order chi connectivity index (χ0) is 21.8. The van der Waals surface area contributed by atoms with Crippen LogP contribution >= 0.6 is 12.4 Å². The number of fused-ring (bicyclic) bond motifs is 1. The van der Waals surface area contributed by atoms with Gasteiger partial charge in [0.1, 0.15) is 22.8 Å². The van der Waals surface area contributed by atoms with Crippen molar-refractivity contribution in [2.45, 2.75) is 25.8 Å². The third-order valence-corrected chi connectivity index (χ3v) is 6.18. The molecule has 1 saturated heterocycles. The summed E-state index contributed by atoms with van der Waals surface area (Å²) in [7, 11) is 3.31. The van der Waals surface area contributed by atoms with Gasteiger partial charge in [-0.15, -0.1) is 12.4 Å². The molecule has 1 aromatic heterocycles. The van der Waals surface area contributed by atoms with Gasteiger partial charge >= 0.3 is 5.97 Å². The van der Waals surface area contributed by atoms with Gasteiger partial charge in [0.15, 0.2) is 0 Å². The molecule has 0 radical (unpaired) electrons. The van der Waals surface area contributed by atoms with Crippen LogP contribution in [0.1, 0.15) is 24.2 Å². The second-order valence-corrected chi connectivity index (χ2v) is 8.23. The first-order valence-corrected chi connectivity index (χ1v) is 10.6. The number of para-hydroxylation sites is 1. The predicted octanol–water partition coefficient (Wildman–Crippen LogP) is 4.16. The lowest BCUT2D eigenvalue weighted by Crippen LogP contribution is -2.41. The average molecular weight is 460 g/mol. The number of likely N-dealkylation sites (tertiary alicyclic amines) is 1. The number of ether oxygens (including phenoxy) is 2. The Hall–Kier alpha value is -2.77. The lowest BCUT2D eigenvalue weighted by atomic mass is 9.81. The van der Waals surface area contributed by atoms with Crippen molar-refractivity contribution in [1.82, 2.24) is 14.9 Å². The molecule has 0 bridgehead atoms. The molecule has 2 aromatic carbocycles. The van der Waals surface area contributed by atoms with Crippen molar-refractivity contribution in [2.24, 2.45) is 11.8 Å². The van der Waals surface area contributed by atoms with Crippen molar-refractivity contribution in [1.29, 1.82) is 0 Å². The van der Waals surface area contributed by atoms with Crippen molar-refractivity contribution >= 4 is 29.4 Å². The number of piperidine rings is 1. The largest absolute Gasteiger partial charge is 0.497 e. The maximum atomic E-state index is 11.5. The third kappa shape index (κ3) is 5.53. The molecule has 1 aliphatic rings. The van der Waals surface area contributed by atoms with Crippen molar-refractivity contribution in [3.8, 4) is 11.5 Å². The van der Waals surface area contributed by atoms with Crippen LogP contribution in [0.15, 0.2) is 42.5 Å². The standard InChI is InChI=1S/C24H29N3O4.ClH/c1-30-19-8-6-16(7-9-19)14-27-11-10-17(13-23(28)29)18(15-27)12-22-25-20-4-3-5-21(31-2)24(20)26-22;/h3-9,17-18H,10-15H2,1-2H3,(H,25,26)(H,28,29);1H/t17-,18-;/m0./s1. The Balaban J connectivity index is 0.00000289. The maximum Gasteiger partial charge on any atom is 0.303 e. The molecule has 4 rings (SSSR count). The van der Waals surface area contributed by atoms with Gasteiger partial charge in [0.25, 0.3) is 0 Å². The Morgan fingerprint density at radius 2 is 1.94 bits per heavy atom. The molecule has 2 atom stereocenters. The zero-order valence-corrected chi connectivity index (χ0v) is 19.2. The van der Waals surface area contributed by atoms with Crippen LogP contribution in [0, 0.1) is 11.8 Å². The van der Waals surface area contributed by atoms with Crippen molar-refractivity contribution < 1.29 is 19.4 Å². The second-order valence-electron chi connectivity index (χ2n) is 8.23. The Kier molecular flexibility index (Phi) is 7.99. The number of benzene rings is 2. The molecule has 0 aliphatic carbocycles.